The van der Waals surface area contributed by atoms with E-state index < -0.39 is 0 Å². The number of tetrazole rings is 1. The Morgan fingerprint density at radius 1 is 1.50 bits per heavy atom. The molecule has 1 heterocycles. The zero-order valence-corrected chi connectivity index (χ0v) is 8.36. The third-order valence-electron chi connectivity index (χ3n) is 1.94. The van der Waals surface area contributed by atoms with Gasteiger partial charge in [0.05, 0.1) is 12.8 Å². The first-order chi connectivity index (χ1) is 7.85. The maximum Gasteiger partial charge on any atom is 0.240 e. The third kappa shape index (κ3) is 1.79. The number of aliphatic imine (C=N–C) groups is 1. The summed E-state index contributed by atoms with van der Waals surface area (Å²) in [6.45, 7) is 0. The molecule has 0 aliphatic carbocycles. The fourth-order valence-electron chi connectivity index (χ4n) is 1.23. The summed E-state index contributed by atoms with van der Waals surface area (Å²) < 4.78 is 6.42. The van der Waals surface area contributed by atoms with Crippen LogP contribution in [-0.2, 0) is 4.79 Å². The lowest BCUT2D eigenvalue weighted by Gasteiger charge is -2.05. The number of isocyanates is 1. The van der Waals surface area contributed by atoms with E-state index in [9.17, 15) is 4.79 Å². The van der Waals surface area contributed by atoms with Gasteiger partial charge in [-0.2, -0.15) is 9.67 Å². The first kappa shape index (κ1) is 10.0. The largest absolute Gasteiger partial charge is 0.497 e. The Labute approximate surface area is 90.4 Å². The molecule has 0 aliphatic rings. The fourth-order valence-corrected chi connectivity index (χ4v) is 1.23. The van der Waals surface area contributed by atoms with Gasteiger partial charge in [0, 0.05) is 6.07 Å². The summed E-state index contributed by atoms with van der Waals surface area (Å²) in [7, 11) is 1.53. The molecule has 7 heteroatoms. The maximum atomic E-state index is 10.3. The van der Waals surface area contributed by atoms with Crippen molar-refractivity contribution in [2.75, 3.05) is 7.11 Å². The van der Waals surface area contributed by atoms with Crippen molar-refractivity contribution in [1.29, 1.82) is 0 Å². The van der Waals surface area contributed by atoms with Crippen LogP contribution in [0, 0.1) is 0 Å². The number of carbonyl (C=O) groups excluding carboxylic acids is 1. The summed E-state index contributed by atoms with van der Waals surface area (Å²) in [6, 6.07) is 5.02. The highest BCUT2D eigenvalue weighted by Gasteiger charge is 2.06. The molecule has 0 N–H and O–H groups in total. The summed E-state index contributed by atoms with van der Waals surface area (Å²) in [5, 5.41) is 10.7. The molecule has 0 bridgehead atoms. The molecule has 7 nitrogen and oxygen atoms in total. The van der Waals surface area contributed by atoms with Gasteiger partial charge in [-0.25, -0.2) is 4.79 Å². The lowest BCUT2D eigenvalue weighted by molar-refractivity contribution is 0.415. The van der Waals surface area contributed by atoms with Crippen LogP contribution in [-0.4, -0.2) is 33.4 Å². The molecule has 16 heavy (non-hydrogen) atoms. The van der Waals surface area contributed by atoms with Crippen LogP contribution in [0.3, 0.4) is 0 Å². The molecule has 2 rings (SSSR count). The second-order valence-electron chi connectivity index (χ2n) is 2.81. The smallest absolute Gasteiger partial charge is 0.240 e. The highest BCUT2D eigenvalue weighted by Crippen LogP contribution is 2.26. The number of benzene rings is 1. The van der Waals surface area contributed by atoms with Gasteiger partial charge in [-0.3, -0.25) is 0 Å². The van der Waals surface area contributed by atoms with Crippen LogP contribution >= 0.6 is 0 Å². The molecule has 0 atom stereocenters. The molecular weight excluding hydrogens is 210 g/mol. The Balaban J connectivity index is 2.56. The molecule has 0 spiro atoms. The second kappa shape index (κ2) is 4.33. The molecule has 2 aromatic rings. The van der Waals surface area contributed by atoms with Crippen LogP contribution in [0.2, 0.25) is 0 Å². The minimum Gasteiger partial charge on any atom is -0.497 e. The van der Waals surface area contributed by atoms with Gasteiger partial charge in [0.15, 0.2) is 0 Å². The van der Waals surface area contributed by atoms with E-state index in [-0.39, 0.29) is 0 Å². The van der Waals surface area contributed by atoms with Crippen LogP contribution in [0.15, 0.2) is 29.5 Å². The van der Waals surface area contributed by atoms with E-state index >= 15 is 0 Å². The van der Waals surface area contributed by atoms with Gasteiger partial charge in [-0.1, -0.05) is 0 Å². The van der Waals surface area contributed by atoms with Crippen LogP contribution in [0.1, 0.15) is 0 Å². The normalized spacial score (nSPS) is 9.56. The number of hydrogen-bond acceptors (Lipinski definition) is 6. The van der Waals surface area contributed by atoms with Crippen molar-refractivity contribution in [2.45, 2.75) is 0 Å². The maximum absolute atomic E-state index is 10.3. The number of hydrogen-bond donors (Lipinski definition) is 0. The minimum absolute atomic E-state index is 0.390. The number of rotatable bonds is 3. The molecular formula is C9H7N5O2. The van der Waals surface area contributed by atoms with E-state index in [1.54, 1.807) is 18.2 Å². The highest BCUT2D eigenvalue weighted by atomic mass is 16.5. The fraction of sp³-hybridized carbons (Fsp3) is 0.111. The molecule has 0 fully saturated rings. The SMILES string of the molecule is COc1ccc(-n2cnnn2)c(N=C=O)c1. The van der Waals surface area contributed by atoms with E-state index in [0.29, 0.717) is 17.1 Å². The van der Waals surface area contributed by atoms with Gasteiger partial charge in [0.1, 0.15) is 17.8 Å². The summed E-state index contributed by atoms with van der Waals surface area (Å²) in [5.41, 5.74) is 0.968. The van der Waals surface area contributed by atoms with Crippen molar-refractivity contribution in [3.63, 3.8) is 0 Å². The van der Waals surface area contributed by atoms with Crippen LogP contribution < -0.4 is 4.74 Å². The third-order valence-corrected chi connectivity index (χ3v) is 1.94. The van der Waals surface area contributed by atoms with E-state index in [1.807, 2.05) is 0 Å². The molecule has 0 saturated heterocycles. The van der Waals surface area contributed by atoms with Gasteiger partial charge in [0.2, 0.25) is 6.08 Å². The first-order valence-electron chi connectivity index (χ1n) is 4.34. The number of ether oxygens (including phenoxy) is 1. The van der Waals surface area contributed by atoms with Crippen LogP contribution in [0.25, 0.3) is 5.69 Å². The Bertz CT molecular complexity index is 531. The average Bonchev–Trinajstić information content (AvgIpc) is 2.83. The lowest BCUT2D eigenvalue weighted by Crippen LogP contribution is -1.96. The van der Waals surface area contributed by atoms with E-state index in [1.165, 1.54) is 24.2 Å². The van der Waals surface area contributed by atoms with E-state index in [2.05, 4.69) is 20.5 Å². The molecule has 0 saturated carbocycles. The van der Waals surface area contributed by atoms with Gasteiger partial charge in [-0.15, -0.1) is 5.10 Å². The van der Waals surface area contributed by atoms with Crippen molar-refractivity contribution in [3.8, 4) is 11.4 Å². The van der Waals surface area contributed by atoms with Crippen molar-refractivity contribution in [3.05, 3.63) is 24.5 Å². The Hall–Kier alpha value is -2.53. The van der Waals surface area contributed by atoms with Crippen molar-refractivity contribution < 1.29 is 9.53 Å². The predicted molar refractivity (Wildman–Crippen MR) is 53.5 cm³/mol. The Morgan fingerprint density at radius 2 is 2.38 bits per heavy atom. The summed E-state index contributed by atoms with van der Waals surface area (Å²) in [5.74, 6) is 0.589. The zero-order valence-electron chi connectivity index (χ0n) is 8.36. The summed E-state index contributed by atoms with van der Waals surface area (Å²) in [6.07, 6.45) is 2.88. The lowest BCUT2D eigenvalue weighted by atomic mass is 10.2. The van der Waals surface area contributed by atoms with Crippen molar-refractivity contribution in [1.82, 2.24) is 20.2 Å². The molecule has 0 amide bonds. The molecule has 0 radical (unpaired) electrons. The van der Waals surface area contributed by atoms with Gasteiger partial charge in [0.25, 0.3) is 0 Å². The number of methoxy groups -OCH3 is 1. The van der Waals surface area contributed by atoms with Gasteiger partial charge >= 0.3 is 0 Å². The second-order valence-corrected chi connectivity index (χ2v) is 2.81. The Kier molecular flexibility index (Phi) is 2.71. The number of nitrogens with zero attached hydrogens (tertiary/aromatic N) is 5. The van der Waals surface area contributed by atoms with Crippen molar-refractivity contribution in [2.24, 2.45) is 4.99 Å². The summed E-state index contributed by atoms with van der Waals surface area (Å²) in [4.78, 5) is 13.9. The van der Waals surface area contributed by atoms with Crippen LogP contribution in [0.5, 0.6) is 5.75 Å². The molecule has 80 valence electrons. The zero-order chi connectivity index (χ0) is 11.4. The molecule has 1 aromatic heterocycles. The van der Waals surface area contributed by atoms with Crippen molar-refractivity contribution >= 4 is 11.8 Å². The predicted octanol–water partition coefficient (Wildman–Crippen LogP) is 0.638. The molecule has 0 aliphatic heterocycles. The number of aromatic nitrogens is 4. The quantitative estimate of drug-likeness (QED) is 0.556. The van der Waals surface area contributed by atoms with E-state index in [4.69, 9.17) is 4.74 Å². The molecule has 1 aromatic carbocycles. The van der Waals surface area contributed by atoms with Crippen LogP contribution in [0.4, 0.5) is 5.69 Å². The Morgan fingerprint density at radius 3 is 3.00 bits per heavy atom. The monoisotopic (exact) mass is 217 g/mol. The van der Waals surface area contributed by atoms with Gasteiger partial charge < -0.3 is 4.74 Å². The first-order valence-corrected chi connectivity index (χ1v) is 4.34. The minimum atomic E-state index is 0.390. The highest BCUT2D eigenvalue weighted by molar-refractivity contribution is 5.63. The molecule has 0 unspecified atom stereocenters. The average molecular weight is 217 g/mol. The van der Waals surface area contributed by atoms with E-state index in [0.717, 1.165) is 0 Å². The topological polar surface area (TPSA) is 82.3 Å². The van der Waals surface area contributed by atoms with Gasteiger partial charge in [-0.05, 0) is 22.6 Å². The standard InChI is InChI=1S/C9H7N5O2/c1-16-7-2-3-9(8(4-7)10-6-15)14-5-11-12-13-14/h2-5H,1H3. The summed E-state index contributed by atoms with van der Waals surface area (Å²) >= 11 is 0.